The van der Waals surface area contributed by atoms with Crippen LogP contribution >= 0.6 is 11.6 Å². The molecule has 0 radical (unpaired) electrons. The fourth-order valence-corrected chi connectivity index (χ4v) is 2.37. The van der Waals surface area contributed by atoms with Crippen molar-refractivity contribution in [2.24, 2.45) is 0 Å². The SMILES string of the molecule is CCNC(c1ccc(Cl)cc1)c1ncccc1CC. The predicted molar refractivity (Wildman–Crippen MR) is 80.6 cm³/mol. The molecule has 2 aromatic rings. The first-order valence-corrected chi connectivity index (χ1v) is 7.06. The lowest BCUT2D eigenvalue weighted by molar-refractivity contribution is 0.609. The fourth-order valence-electron chi connectivity index (χ4n) is 2.24. The van der Waals surface area contributed by atoms with Crippen molar-refractivity contribution in [3.8, 4) is 0 Å². The largest absolute Gasteiger partial charge is 0.305 e. The molecule has 1 aromatic carbocycles. The van der Waals surface area contributed by atoms with Gasteiger partial charge < -0.3 is 5.32 Å². The molecule has 0 spiro atoms. The summed E-state index contributed by atoms with van der Waals surface area (Å²) >= 11 is 5.96. The van der Waals surface area contributed by atoms with E-state index >= 15 is 0 Å². The Kier molecular flexibility index (Phi) is 4.94. The maximum Gasteiger partial charge on any atom is 0.0754 e. The van der Waals surface area contributed by atoms with Crippen molar-refractivity contribution in [3.63, 3.8) is 0 Å². The van der Waals surface area contributed by atoms with E-state index in [1.165, 1.54) is 11.1 Å². The fraction of sp³-hybridized carbons (Fsp3) is 0.312. The van der Waals surface area contributed by atoms with Crippen molar-refractivity contribution in [2.75, 3.05) is 6.54 Å². The Morgan fingerprint density at radius 2 is 1.89 bits per heavy atom. The molecule has 1 unspecified atom stereocenters. The van der Waals surface area contributed by atoms with E-state index in [1.54, 1.807) is 0 Å². The van der Waals surface area contributed by atoms with Crippen molar-refractivity contribution in [2.45, 2.75) is 26.3 Å². The van der Waals surface area contributed by atoms with Crippen LogP contribution in [-0.2, 0) is 6.42 Å². The number of benzene rings is 1. The highest BCUT2D eigenvalue weighted by Crippen LogP contribution is 2.24. The monoisotopic (exact) mass is 274 g/mol. The molecule has 0 fully saturated rings. The Bertz CT molecular complexity index is 523. The summed E-state index contributed by atoms with van der Waals surface area (Å²) in [6.07, 6.45) is 2.84. The van der Waals surface area contributed by atoms with Crippen LogP contribution < -0.4 is 5.32 Å². The molecule has 0 saturated carbocycles. The van der Waals surface area contributed by atoms with E-state index in [1.807, 2.05) is 24.4 Å². The van der Waals surface area contributed by atoms with Gasteiger partial charge in [-0.15, -0.1) is 0 Å². The zero-order chi connectivity index (χ0) is 13.7. The second-order valence-electron chi connectivity index (χ2n) is 4.44. The second kappa shape index (κ2) is 6.69. The van der Waals surface area contributed by atoms with Crippen LogP contribution in [0.2, 0.25) is 5.02 Å². The minimum absolute atomic E-state index is 0.124. The third kappa shape index (κ3) is 3.34. The first-order valence-electron chi connectivity index (χ1n) is 6.68. The number of nitrogens with zero attached hydrogens (tertiary/aromatic N) is 1. The number of aryl methyl sites for hydroxylation is 1. The molecule has 19 heavy (non-hydrogen) atoms. The van der Waals surface area contributed by atoms with Crippen LogP contribution in [0, 0.1) is 0 Å². The van der Waals surface area contributed by atoms with Gasteiger partial charge >= 0.3 is 0 Å². The number of hydrogen-bond acceptors (Lipinski definition) is 2. The average Bonchev–Trinajstić information content (AvgIpc) is 2.46. The summed E-state index contributed by atoms with van der Waals surface area (Å²) < 4.78 is 0. The van der Waals surface area contributed by atoms with E-state index in [4.69, 9.17) is 11.6 Å². The molecule has 0 aliphatic heterocycles. The molecule has 0 aliphatic carbocycles. The van der Waals surface area contributed by atoms with Gasteiger partial charge in [0.05, 0.1) is 11.7 Å². The molecule has 2 rings (SSSR count). The normalized spacial score (nSPS) is 12.4. The smallest absolute Gasteiger partial charge is 0.0754 e. The van der Waals surface area contributed by atoms with Crippen molar-refractivity contribution < 1.29 is 0 Å². The summed E-state index contributed by atoms with van der Waals surface area (Å²) in [5.41, 5.74) is 3.58. The van der Waals surface area contributed by atoms with Crippen LogP contribution in [-0.4, -0.2) is 11.5 Å². The molecule has 0 amide bonds. The summed E-state index contributed by atoms with van der Waals surface area (Å²) in [6.45, 7) is 5.16. The van der Waals surface area contributed by atoms with E-state index in [0.717, 1.165) is 23.7 Å². The Labute approximate surface area is 119 Å². The predicted octanol–water partition coefficient (Wildman–Crippen LogP) is 4.00. The topological polar surface area (TPSA) is 24.9 Å². The van der Waals surface area contributed by atoms with E-state index in [-0.39, 0.29) is 6.04 Å². The number of rotatable bonds is 5. The zero-order valence-corrected chi connectivity index (χ0v) is 12.1. The summed E-state index contributed by atoms with van der Waals surface area (Å²) in [4.78, 5) is 4.57. The van der Waals surface area contributed by atoms with Gasteiger partial charge in [-0.1, -0.05) is 43.6 Å². The molecule has 0 aliphatic rings. The van der Waals surface area contributed by atoms with Gasteiger partial charge in [0.1, 0.15) is 0 Å². The Balaban J connectivity index is 2.42. The van der Waals surface area contributed by atoms with Gasteiger partial charge in [-0.2, -0.15) is 0 Å². The number of halogens is 1. The number of nitrogens with one attached hydrogen (secondary N) is 1. The maximum absolute atomic E-state index is 5.96. The molecule has 2 nitrogen and oxygen atoms in total. The molecule has 3 heteroatoms. The van der Waals surface area contributed by atoms with Crippen LogP contribution in [0.15, 0.2) is 42.6 Å². The molecule has 0 saturated heterocycles. The standard InChI is InChI=1S/C16H19ClN2/c1-3-12-6-5-11-19-15(12)16(18-4-2)13-7-9-14(17)10-8-13/h5-11,16,18H,3-4H2,1-2H3. The lowest BCUT2D eigenvalue weighted by Crippen LogP contribution is -2.24. The highest BCUT2D eigenvalue weighted by molar-refractivity contribution is 6.30. The van der Waals surface area contributed by atoms with E-state index in [9.17, 15) is 0 Å². The summed E-state index contributed by atoms with van der Waals surface area (Å²) in [6, 6.07) is 12.2. The van der Waals surface area contributed by atoms with Gasteiger partial charge in [-0.05, 0) is 42.3 Å². The van der Waals surface area contributed by atoms with Crippen LogP contribution in [0.5, 0.6) is 0 Å². The van der Waals surface area contributed by atoms with Crippen LogP contribution in [0.4, 0.5) is 0 Å². The third-order valence-corrected chi connectivity index (χ3v) is 3.44. The van der Waals surface area contributed by atoms with Crippen molar-refractivity contribution in [3.05, 3.63) is 64.4 Å². The van der Waals surface area contributed by atoms with Crippen LogP contribution in [0.25, 0.3) is 0 Å². The summed E-state index contributed by atoms with van der Waals surface area (Å²) in [5.74, 6) is 0. The van der Waals surface area contributed by atoms with Gasteiger partial charge in [-0.25, -0.2) is 0 Å². The lowest BCUT2D eigenvalue weighted by Gasteiger charge is -2.20. The van der Waals surface area contributed by atoms with Crippen LogP contribution in [0.3, 0.4) is 0 Å². The number of aromatic nitrogens is 1. The highest BCUT2D eigenvalue weighted by Gasteiger charge is 2.16. The quantitative estimate of drug-likeness (QED) is 0.892. The molecule has 0 bridgehead atoms. The molecule has 100 valence electrons. The van der Waals surface area contributed by atoms with E-state index in [0.29, 0.717) is 0 Å². The first kappa shape index (κ1) is 14.0. The third-order valence-electron chi connectivity index (χ3n) is 3.19. The van der Waals surface area contributed by atoms with Crippen LogP contribution in [0.1, 0.15) is 36.7 Å². The van der Waals surface area contributed by atoms with Gasteiger partial charge in [0.25, 0.3) is 0 Å². The number of hydrogen-bond donors (Lipinski definition) is 1. The Morgan fingerprint density at radius 3 is 2.53 bits per heavy atom. The van der Waals surface area contributed by atoms with E-state index < -0.39 is 0 Å². The maximum atomic E-state index is 5.96. The van der Waals surface area contributed by atoms with Gasteiger partial charge in [0.2, 0.25) is 0 Å². The summed E-state index contributed by atoms with van der Waals surface area (Å²) in [5, 5.41) is 4.26. The van der Waals surface area contributed by atoms with Crippen molar-refractivity contribution >= 4 is 11.6 Å². The summed E-state index contributed by atoms with van der Waals surface area (Å²) in [7, 11) is 0. The molecule has 1 atom stereocenters. The average molecular weight is 275 g/mol. The highest BCUT2D eigenvalue weighted by atomic mass is 35.5. The molecule has 1 aromatic heterocycles. The minimum atomic E-state index is 0.124. The lowest BCUT2D eigenvalue weighted by atomic mass is 9.98. The van der Waals surface area contributed by atoms with E-state index in [2.05, 4.69) is 42.3 Å². The van der Waals surface area contributed by atoms with Gasteiger partial charge in [0.15, 0.2) is 0 Å². The van der Waals surface area contributed by atoms with Gasteiger partial charge in [0, 0.05) is 11.2 Å². The Morgan fingerprint density at radius 1 is 1.16 bits per heavy atom. The zero-order valence-electron chi connectivity index (χ0n) is 11.4. The number of pyridine rings is 1. The molecule has 1 heterocycles. The second-order valence-corrected chi connectivity index (χ2v) is 4.88. The first-order chi connectivity index (χ1) is 9.26. The molecule has 1 N–H and O–H groups in total. The van der Waals surface area contributed by atoms with Crippen molar-refractivity contribution in [1.29, 1.82) is 0 Å². The Hall–Kier alpha value is -1.38. The molecular weight excluding hydrogens is 256 g/mol. The molecular formula is C16H19ClN2. The van der Waals surface area contributed by atoms with Crippen molar-refractivity contribution in [1.82, 2.24) is 10.3 Å². The van der Waals surface area contributed by atoms with Gasteiger partial charge in [-0.3, -0.25) is 4.98 Å². The minimum Gasteiger partial charge on any atom is -0.305 e.